The summed E-state index contributed by atoms with van der Waals surface area (Å²) in [5, 5.41) is 7.20. The average Bonchev–Trinajstić information content (AvgIpc) is 2.43. The molecule has 1 aromatic rings. The molecule has 1 aliphatic rings. The Bertz CT molecular complexity index is 471. The van der Waals surface area contributed by atoms with Crippen molar-refractivity contribution in [2.45, 2.75) is 26.2 Å². The van der Waals surface area contributed by atoms with Crippen LogP contribution in [-0.4, -0.2) is 19.0 Å². The molecule has 104 valence electrons. The van der Waals surface area contributed by atoms with Gasteiger partial charge >= 0.3 is 0 Å². The first-order valence-corrected chi connectivity index (χ1v) is 7.30. The van der Waals surface area contributed by atoms with E-state index in [4.69, 9.17) is 23.2 Å². The summed E-state index contributed by atoms with van der Waals surface area (Å²) in [5.41, 5.74) is 0.433. The number of benzene rings is 1. The van der Waals surface area contributed by atoms with E-state index in [9.17, 15) is 4.79 Å². The van der Waals surface area contributed by atoms with Gasteiger partial charge in [-0.25, -0.2) is 0 Å². The number of carbonyl (C=O) groups excluding carboxylic acids is 1. The van der Waals surface area contributed by atoms with E-state index < -0.39 is 0 Å². The molecule has 3 nitrogen and oxygen atoms in total. The van der Waals surface area contributed by atoms with Gasteiger partial charge in [0.1, 0.15) is 0 Å². The van der Waals surface area contributed by atoms with E-state index in [0.717, 1.165) is 32.4 Å². The molecule has 19 heavy (non-hydrogen) atoms. The summed E-state index contributed by atoms with van der Waals surface area (Å²) in [5.74, 6) is 0.0786. The van der Waals surface area contributed by atoms with Gasteiger partial charge in [0, 0.05) is 5.69 Å². The Hall–Kier alpha value is -0.770. The van der Waals surface area contributed by atoms with E-state index >= 15 is 0 Å². The first-order chi connectivity index (χ1) is 9.07. The Morgan fingerprint density at radius 1 is 1.32 bits per heavy atom. The van der Waals surface area contributed by atoms with Crippen LogP contribution in [0.15, 0.2) is 18.2 Å². The van der Waals surface area contributed by atoms with Gasteiger partial charge in [-0.15, -0.1) is 0 Å². The molecule has 0 bridgehead atoms. The van der Waals surface area contributed by atoms with Gasteiger partial charge < -0.3 is 10.6 Å². The van der Waals surface area contributed by atoms with Crippen molar-refractivity contribution in [2.75, 3.05) is 18.4 Å². The SMILES string of the molecule is CCC1(C(=O)Nc2ccc(Cl)c(Cl)c2)CCNCC1. The van der Waals surface area contributed by atoms with E-state index in [-0.39, 0.29) is 11.3 Å². The molecule has 0 unspecified atom stereocenters. The van der Waals surface area contributed by atoms with Gasteiger partial charge in [0.15, 0.2) is 0 Å². The van der Waals surface area contributed by atoms with Crippen molar-refractivity contribution in [3.63, 3.8) is 0 Å². The van der Waals surface area contributed by atoms with Gasteiger partial charge in [0.05, 0.1) is 15.5 Å². The number of rotatable bonds is 3. The van der Waals surface area contributed by atoms with Crippen LogP contribution in [0.4, 0.5) is 5.69 Å². The maximum absolute atomic E-state index is 12.5. The second kappa shape index (κ2) is 6.12. The van der Waals surface area contributed by atoms with Gasteiger partial charge in [0.25, 0.3) is 0 Å². The number of hydrogen-bond donors (Lipinski definition) is 2. The highest BCUT2D eigenvalue weighted by Crippen LogP contribution is 2.34. The van der Waals surface area contributed by atoms with Gasteiger partial charge in [-0.3, -0.25) is 4.79 Å². The molecular weight excluding hydrogens is 283 g/mol. The van der Waals surface area contributed by atoms with E-state index in [2.05, 4.69) is 17.6 Å². The molecule has 1 saturated heterocycles. The smallest absolute Gasteiger partial charge is 0.230 e. The van der Waals surface area contributed by atoms with Crippen molar-refractivity contribution < 1.29 is 4.79 Å². The monoisotopic (exact) mass is 300 g/mol. The molecule has 5 heteroatoms. The number of nitrogens with one attached hydrogen (secondary N) is 2. The second-order valence-corrected chi connectivity index (χ2v) is 5.78. The summed E-state index contributed by atoms with van der Waals surface area (Å²) >= 11 is 11.8. The van der Waals surface area contributed by atoms with E-state index in [0.29, 0.717) is 15.7 Å². The molecule has 1 amide bonds. The highest BCUT2D eigenvalue weighted by molar-refractivity contribution is 6.42. The van der Waals surface area contributed by atoms with Crippen molar-refractivity contribution in [2.24, 2.45) is 5.41 Å². The van der Waals surface area contributed by atoms with Crippen LogP contribution in [-0.2, 0) is 4.79 Å². The molecule has 0 aliphatic carbocycles. The Balaban J connectivity index is 2.12. The van der Waals surface area contributed by atoms with Crippen LogP contribution in [0.3, 0.4) is 0 Å². The number of halogens is 2. The number of carbonyl (C=O) groups is 1. The molecule has 1 aromatic carbocycles. The zero-order valence-electron chi connectivity index (χ0n) is 10.9. The van der Waals surface area contributed by atoms with Gasteiger partial charge in [0.2, 0.25) is 5.91 Å². The summed E-state index contributed by atoms with van der Waals surface area (Å²) < 4.78 is 0. The summed E-state index contributed by atoms with van der Waals surface area (Å²) in [4.78, 5) is 12.5. The van der Waals surface area contributed by atoms with Gasteiger partial charge in [-0.1, -0.05) is 30.1 Å². The molecule has 0 spiro atoms. The van der Waals surface area contributed by atoms with E-state index in [1.54, 1.807) is 18.2 Å². The fourth-order valence-corrected chi connectivity index (χ4v) is 2.78. The Labute approximate surface area is 123 Å². The molecule has 1 fully saturated rings. The molecule has 1 heterocycles. The fraction of sp³-hybridized carbons (Fsp3) is 0.500. The van der Waals surface area contributed by atoms with Crippen LogP contribution >= 0.6 is 23.2 Å². The molecule has 0 atom stereocenters. The molecular formula is C14H18Cl2N2O. The lowest BCUT2D eigenvalue weighted by Gasteiger charge is -2.35. The molecule has 0 aromatic heterocycles. The topological polar surface area (TPSA) is 41.1 Å². The van der Waals surface area contributed by atoms with Crippen LogP contribution in [0, 0.1) is 5.41 Å². The fourth-order valence-electron chi connectivity index (χ4n) is 2.48. The minimum atomic E-state index is -0.267. The summed E-state index contributed by atoms with van der Waals surface area (Å²) in [6.45, 7) is 3.85. The zero-order chi connectivity index (χ0) is 13.9. The second-order valence-electron chi connectivity index (χ2n) is 4.97. The average molecular weight is 301 g/mol. The molecule has 2 N–H and O–H groups in total. The predicted molar refractivity (Wildman–Crippen MR) is 79.9 cm³/mol. The number of piperidine rings is 1. The number of anilines is 1. The van der Waals surface area contributed by atoms with Gasteiger partial charge in [-0.2, -0.15) is 0 Å². The van der Waals surface area contributed by atoms with Crippen molar-refractivity contribution in [3.8, 4) is 0 Å². The Kier molecular flexibility index (Phi) is 4.71. The van der Waals surface area contributed by atoms with Crippen LogP contribution in [0.5, 0.6) is 0 Å². The third kappa shape index (κ3) is 3.22. The number of amides is 1. The maximum Gasteiger partial charge on any atom is 0.230 e. The van der Waals surface area contributed by atoms with Gasteiger partial charge in [-0.05, 0) is 50.6 Å². The van der Waals surface area contributed by atoms with E-state index in [1.807, 2.05) is 0 Å². The zero-order valence-corrected chi connectivity index (χ0v) is 12.4. The highest BCUT2D eigenvalue weighted by Gasteiger charge is 2.37. The lowest BCUT2D eigenvalue weighted by molar-refractivity contribution is -0.127. The lowest BCUT2D eigenvalue weighted by atomic mass is 9.76. The highest BCUT2D eigenvalue weighted by atomic mass is 35.5. The molecule has 2 rings (SSSR count). The quantitative estimate of drug-likeness (QED) is 0.893. The van der Waals surface area contributed by atoms with Crippen LogP contribution in [0.1, 0.15) is 26.2 Å². The van der Waals surface area contributed by atoms with Crippen LogP contribution < -0.4 is 10.6 Å². The Morgan fingerprint density at radius 3 is 2.58 bits per heavy atom. The normalized spacial score (nSPS) is 18.1. The standard InChI is InChI=1S/C14H18Cl2N2O/c1-2-14(5-7-17-8-6-14)13(19)18-10-3-4-11(15)12(16)9-10/h3-4,9,17H,2,5-8H2,1H3,(H,18,19). The first kappa shape index (κ1) is 14.6. The minimum absolute atomic E-state index is 0.0786. The Morgan fingerprint density at radius 2 is 2.00 bits per heavy atom. The molecule has 1 aliphatic heterocycles. The van der Waals surface area contributed by atoms with Crippen LogP contribution in [0.2, 0.25) is 10.0 Å². The third-order valence-electron chi connectivity index (χ3n) is 3.90. The van der Waals surface area contributed by atoms with Crippen molar-refractivity contribution in [3.05, 3.63) is 28.2 Å². The largest absolute Gasteiger partial charge is 0.326 e. The third-order valence-corrected chi connectivity index (χ3v) is 4.64. The minimum Gasteiger partial charge on any atom is -0.326 e. The summed E-state index contributed by atoms with van der Waals surface area (Å²) in [6.07, 6.45) is 2.59. The van der Waals surface area contributed by atoms with Crippen molar-refractivity contribution in [1.82, 2.24) is 5.32 Å². The maximum atomic E-state index is 12.5. The lowest BCUT2D eigenvalue weighted by Crippen LogP contribution is -2.44. The summed E-state index contributed by atoms with van der Waals surface area (Å²) in [7, 11) is 0. The molecule has 0 saturated carbocycles. The van der Waals surface area contributed by atoms with Crippen LogP contribution in [0.25, 0.3) is 0 Å². The van der Waals surface area contributed by atoms with Crippen molar-refractivity contribution in [1.29, 1.82) is 0 Å². The summed E-state index contributed by atoms with van der Waals surface area (Å²) in [6, 6.07) is 5.16. The number of hydrogen-bond acceptors (Lipinski definition) is 2. The molecule has 0 radical (unpaired) electrons. The van der Waals surface area contributed by atoms with E-state index in [1.165, 1.54) is 0 Å². The predicted octanol–water partition coefficient (Wildman–Crippen LogP) is 3.71. The first-order valence-electron chi connectivity index (χ1n) is 6.54. The van der Waals surface area contributed by atoms with Crippen molar-refractivity contribution >= 4 is 34.8 Å².